The number of alkyl carbamates (subject to hydrolysis) is 1. The van der Waals surface area contributed by atoms with Crippen molar-refractivity contribution in [3.05, 3.63) is 24.4 Å². The van der Waals surface area contributed by atoms with Crippen molar-refractivity contribution < 1.29 is 28.5 Å². The second-order valence-corrected chi connectivity index (χ2v) is 4.03. The van der Waals surface area contributed by atoms with Gasteiger partial charge in [-0.1, -0.05) is 12.7 Å². The summed E-state index contributed by atoms with van der Waals surface area (Å²) in [5.74, 6) is -1.54. The summed E-state index contributed by atoms with van der Waals surface area (Å²) in [6, 6.07) is 0. The minimum atomic E-state index is -1.30. The average Bonchev–Trinajstić information content (AvgIpc) is 3.19. The van der Waals surface area contributed by atoms with E-state index in [0.29, 0.717) is 0 Å². The molecule has 1 N–H and O–H groups in total. The van der Waals surface area contributed by atoms with Crippen LogP contribution >= 0.6 is 0 Å². The molecule has 1 fully saturated rings. The summed E-state index contributed by atoms with van der Waals surface area (Å²) in [6.07, 6.45) is 0.803. The number of amides is 1. The predicted octanol–water partition coefficient (Wildman–Crippen LogP) is 0.122. The van der Waals surface area contributed by atoms with E-state index in [2.05, 4.69) is 11.9 Å². The molecule has 2 rings (SSSR count). The summed E-state index contributed by atoms with van der Waals surface area (Å²) in [7, 11) is 2.81. The first kappa shape index (κ1) is 13.7. The lowest BCUT2D eigenvalue weighted by atomic mass is 9.96. The highest BCUT2D eigenvalue weighted by atomic mass is 16.7. The number of ether oxygens (including phenoxy) is 4. The number of hydrogen-bond donors (Lipinski definition) is 1. The van der Waals surface area contributed by atoms with Crippen molar-refractivity contribution in [2.75, 3.05) is 20.8 Å². The summed E-state index contributed by atoms with van der Waals surface area (Å²) in [5, 5.41) is 2.44. The van der Waals surface area contributed by atoms with Crippen LogP contribution in [0.3, 0.4) is 0 Å². The van der Waals surface area contributed by atoms with Gasteiger partial charge in [-0.15, -0.1) is 0 Å². The average molecular weight is 269 g/mol. The standard InChI is InChI=1S/C12H15NO6/c1-4-5-18-11(15)13-8-6-7(14)9-10(19-9)12(8,16-2)17-3/h4,6,9-10H,1,5H2,2-3H3,(H,13,15). The number of nitrogens with one attached hydrogen (secondary N) is 1. The summed E-state index contributed by atoms with van der Waals surface area (Å²) in [4.78, 5) is 23.2. The van der Waals surface area contributed by atoms with Crippen LogP contribution in [0.2, 0.25) is 0 Å². The van der Waals surface area contributed by atoms with Gasteiger partial charge in [0.1, 0.15) is 6.61 Å². The van der Waals surface area contributed by atoms with Gasteiger partial charge in [0.05, 0.1) is 5.70 Å². The van der Waals surface area contributed by atoms with Crippen molar-refractivity contribution in [1.82, 2.24) is 5.32 Å². The number of hydrogen-bond acceptors (Lipinski definition) is 6. The number of methoxy groups -OCH3 is 2. The maximum atomic E-state index is 11.6. The van der Waals surface area contributed by atoms with Crippen molar-refractivity contribution >= 4 is 11.9 Å². The lowest BCUT2D eigenvalue weighted by Crippen LogP contribution is -2.51. The monoisotopic (exact) mass is 269 g/mol. The Labute approximate surface area is 110 Å². The van der Waals surface area contributed by atoms with Crippen molar-refractivity contribution in [2.24, 2.45) is 0 Å². The molecule has 0 aromatic heterocycles. The van der Waals surface area contributed by atoms with Crippen molar-refractivity contribution in [1.29, 1.82) is 0 Å². The Morgan fingerprint density at radius 1 is 1.58 bits per heavy atom. The van der Waals surface area contributed by atoms with Crippen molar-refractivity contribution in [3.63, 3.8) is 0 Å². The number of fused-ring (bicyclic) bond motifs is 1. The van der Waals surface area contributed by atoms with E-state index in [9.17, 15) is 9.59 Å². The molecule has 2 atom stereocenters. The molecular weight excluding hydrogens is 254 g/mol. The molecule has 1 saturated heterocycles. The lowest BCUT2D eigenvalue weighted by molar-refractivity contribution is -0.194. The van der Waals surface area contributed by atoms with Crippen LogP contribution in [0.15, 0.2) is 24.4 Å². The van der Waals surface area contributed by atoms with Crippen LogP contribution in [-0.2, 0) is 23.7 Å². The van der Waals surface area contributed by atoms with Gasteiger partial charge in [-0.25, -0.2) is 4.79 Å². The zero-order valence-corrected chi connectivity index (χ0v) is 10.7. The Balaban J connectivity index is 2.17. The molecule has 1 aliphatic heterocycles. The first-order valence-corrected chi connectivity index (χ1v) is 5.65. The Morgan fingerprint density at radius 2 is 2.26 bits per heavy atom. The summed E-state index contributed by atoms with van der Waals surface area (Å²) < 4.78 is 20.6. The van der Waals surface area contributed by atoms with Gasteiger partial charge >= 0.3 is 6.09 Å². The normalized spacial score (nSPS) is 27.1. The van der Waals surface area contributed by atoms with E-state index in [1.54, 1.807) is 0 Å². The van der Waals surface area contributed by atoms with E-state index in [-0.39, 0.29) is 18.1 Å². The zero-order valence-electron chi connectivity index (χ0n) is 10.7. The molecule has 0 saturated carbocycles. The molecule has 7 nitrogen and oxygen atoms in total. The topological polar surface area (TPSA) is 86.4 Å². The fourth-order valence-corrected chi connectivity index (χ4v) is 2.04. The first-order valence-electron chi connectivity index (χ1n) is 5.65. The second-order valence-electron chi connectivity index (χ2n) is 4.03. The minimum Gasteiger partial charge on any atom is -0.445 e. The first-order chi connectivity index (χ1) is 9.08. The molecular formula is C12H15NO6. The molecule has 2 unspecified atom stereocenters. The highest BCUT2D eigenvalue weighted by Crippen LogP contribution is 2.43. The van der Waals surface area contributed by atoms with Crippen molar-refractivity contribution in [2.45, 2.75) is 18.0 Å². The van der Waals surface area contributed by atoms with E-state index in [4.69, 9.17) is 18.9 Å². The Morgan fingerprint density at radius 3 is 2.84 bits per heavy atom. The second kappa shape index (κ2) is 5.12. The van der Waals surface area contributed by atoms with Crippen LogP contribution < -0.4 is 5.32 Å². The van der Waals surface area contributed by atoms with Crippen LogP contribution in [0.1, 0.15) is 0 Å². The predicted molar refractivity (Wildman–Crippen MR) is 63.2 cm³/mol. The van der Waals surface area contributed by atoms with E-state index >= 15 is 0 Å². The minimum absolute atomic E-state index is 0.0581. The molecule has 1 aliphatic carbocycles. The summed E-state index contributed by atoms with van der Waals surface area (Å²) in [5.41, 5.74) is 0.162. The van der Waals surface area contributed by atoms with Crippen LogP contribution in [0.5, 0.6) is 0 Å². The number of rotatable bonds is 5. The van der Waals surface area contributed by atoms with Crippen LogP contribution in [0.25, 0.3) is 0 Å². The van der Waals surface area contributed by atoms with Gasteiger partial charge in [-0.05, 0) is 0 Å². The quantitative estimate of drug-likeness (QED) is 0.433. The molecule has 104 valence electrons. The van der Waals surface area contributed by atoms with Gasteiger partial charge in [0, 0.05) is 20.3 Å². The molecule has 7 heteroatoms. The molecule has 1 heterocycles. The van der Waals surface area contributed by atoms with Crippen LogP contribution in [0.4, 0.5) is 4.79 Å². The highest BCUT2D eigenvalue weighted by molar-refractivity contribution is 5.98. The smallest absolute Gasteiger partial charge is 0.411 e. The number of carbonyl (C=O) groups is 2. The zero-order chi connectivity index (χ0) is 14.0. The SMILES string of the molecule is C=CCOC(=O)NC1=CC(=O)C2OC2C1(OC)OC. The molecule has 2 aliphatic rings. The van der Waals surface area contributed by atoms with Gasteiger partial charge in [0.25, 0.3) is 0 Å². The van der Waals surface area contributed by atoms with E-state index in [1.807, 2.05) is 0 Å². The Kier molecular flexibility index (Phi) is 3.70. The third-order valence-corrected chi connectivity index (χ3v) is 2.98. The van der Waals surface area contributed by atoms with Gasteiger partial charge < -0.3 is 18.9 Å². The fraction of sp³-hybridized carbons (Fsp3) is 0.500. The number of epoxide rings is 1. The molecule has 0 aromatic rings. The molecule has 0 aromatic carbocycles. The molecule has 0 bridgehead atoms. The highest BCUT2D eigenvalue weighted by Gasteiger charge is 2.64. The van der Waals surface area contributed by atoms with Gasteiger partial charge in [0.2, 0.25) is 5.79 Å². The number of carbonyl (C=O) groups excluding carboxylic acids is 2. The molecule has 0 spiro atoms. The van der Waals surface area contributed by atoms with Gasteiger partial charge in [0.15, 0.2) is 18.0 Å². The molecule has 0 radical (unpaired) electrons. The van der Waals surface area contributed by atoms with Gasteiger partial charge in [-0.3, -0.25) is 10.1 Å². The third-order valence-electron chi connectivity index (χ3n) is 2.98. The summed E-state index contributed by atoms with van der Waals surface area (Å²) in [6.45, 7) is 3.49. The fourth-order valence-electron chi connectivity index (χ4n) is 2.04. The van der Waals surface area contributed by atoms with E-state index in [0.717, 1.165) is 0 Å². The largest absolute Gasteiger partial charge is 0.445 e. The van der Waals surface area contributed by atoms with Crippen LogP contribution in [0, 0.1) is 0 Å². The third kappa shape index (κ3) is 2.27. The maximum Gasteiger partial charge on any atom is 0.411 e. The lowest BCUT2D eigenvalue weighted by Gasteiger charge is -2.33. The Hall–Kier alpha value is -1.70. The van der Waals surface area contributed by atoms with E-state index in [1.165, 1.54) is 26.4 Å². The maximum absolute atomic E-state index is 11.6. The summed E-state index contributed by atoms with van der Waals surface area (Å²) >= 11 is 0. The van der Waals surface area contributed by atoms with E-state index < -0.39 is 24.1 Å². The number of ketones is 1. The van der Waals surface area contributed by atoms with Gasteiger partial charge in [-0.2, -0.15) is 0 Å². The molecule has 19 heavy (non-hydrogen) atoms. The molecule has 1 amide bonds. The van der Waals surface area contributed by atoms with Crippen LogP contribution in [-0.4, -0.2) is 50.7 Å². The Bertz CT molecular complexity index is 440. The van der Waals surface area contributed by atoms with Crippen molar-refractivity contribution in [3.8, 4) is 0 Å².